The Morgan fingerprint density at radius 3 is 2.74 bits per heavy atom. The fourth-order valence-corrected chi connectivity index (χ4v) is 2.50. The number of nitro benzene ring substituents is 1. The molecule has 19 heavy (non-hydrogen) atoms. The highest BCUT2D eigenvalue weighted by Gasteiger charge is 2.30. The molecule has 1 aliphatic heterocycles. The lowest BCUT2D eigenvalue weighted by Gasteiger charge is -2.22. The van der Waals surface area contributed by atoms with Crippen molar-refractivity contribution < 1.29 is 14.5 Å². The van der Waals surface area contributed by atoms with E-state index in [1.54, 1.807) is 6.07 Å². The number of amides is 1. The lowest BCUT2D eigenvalue weighted by atomic mass is 10.0. The summed E-state index contributed by atoms with van der Waals surface area (Å²) >= 11 is 0. The van der Waals surface area contributed by atoms with Gasteiger partial charge in [0, 0.05) is 24.6 Å². The summed E-state index contributed by atoms with van der Waals surface area (Å²) in [6, 6.07) is 3.00. The Labute approximate surface area is 111 Å². The van der Waals surface area contributed by atoms with Gasteiger partial charge in [-0.05, 0) is 25.8 Å². The van der Waals surface area contributed by atoms with Crippen LogP contribution in [0.5, 0.6) is 5.75 Å². The summed E-state index contributed by atoms with van der Waals surface area (Å²) in [5.41, 5.74) is 1.12. The third-order valence-electron chi connectivity index (χ3n) is 3.34. The summed E-state index contributed by atoms with van der Waals surface area (Å²) in [4.78, 5) is 24.3. The molecule has 1 heterocycles. The van der Waals surface area contributed by atoms with Gasteiger partial charge in [0.05, 0.1) is 12.0 Å². The second-order valence-electron chi connectivity index (χ2n) is 4.36. The normalized spacial score (nSPS) is 14.8. The molecule has 0 bridgehead atoms. The molecule has 0 fully saturated rings. The second-order valence-corrected chi connectivity index (χ2v) is 4.36. The molecule has 0 radical (unpaired) electrons. The molecule has 0 N–H and O–H groups in total. The summed E-state index contributed by atoms with van der Waals surface area (Å²) in [6.07, 6.45) is 1.70. The molecule has 2 rings (SSSR count). The van der Waals surface area contributed by atoms with Crippen molar-refractivity contribution in [1.29, 1.82) is 0 Å². The molecule has 1 amide bonds. The van der Waals surface area contributed by atoms with Gasteiger partial charge < -0.3 is 9.64 Å². The predicted octanol–water partition coefficient (Wildman–Crippen LogP) is 2.29. The lowest BCUT2D eigenvalue weighted by Crippen LogP contribution is -2.30. The largest absolute Gasteiger partial charge is 0.496 e. The zero-order chi connectivity index (χ0) is 14.0. The highest BCUT2D eigenvalue weighted by molar-refractivity contribution is 5.98. The average Bonchev–Trinajstić information content (AvgIpc) is 2.55. The van der Waals surface area contributed by atoms with Crippen LogP contribution < -0.4 is 9.64 Å². The van der Waals surface area contributed by atoms with Crippen LogP contribution in [-0.2, 0) is 11.2 Å². The molecule has 6 nitrogen and oxygen atoms in total. The van der Waals surface area contributed by atoms with E-state index in [9.17, 15) is 14.9 Å². The maximum absolute atomic E-state index is 12.0. The molecule has 6 heteroatoms. The Kier molecular flexibility index (Phi) is 3.69. The van der Waals surface area contributed by atoms with Crippen molar-refractivity contribution in [2.45, 2.75) is 26.2 Å². The fraction of sp³-hybridized carbons (Fsp3) is 0.462. The zero-order valence-electron chi connectivity index (χ0n) is 11.0. The number of hydrogen-bond donors (Lipinski definition) is 0. The summed E-state index contributed by atoms with van der Waals surface area (Å²) in [6.45, 7) is 2.23. The molecule has 0 aromatic heterocycles. The molecule has 1 aliphatic rings. The summed E-state index contributed by atoms with van der Waals surface area (Å²) in [7, 11) is 1.53. The number of carbonyl (C=O) groups excluding carboxylic acids is 1. The Hall–Kier alpha value is -2.11. The third-order valence-corrected chi connectivity index (χ3v) is 3.34. The van der Waals surface area contributed by atoms with Crippen LogP contribution in [0.1, 0.15) is 25.3 Å². The van der Waals surface area contributed by atoms with Gasteiger partial charge in [-0.25, -0.2) is 0 Å². The maximum Gasteiger partial charge on any atom is 0.293 e. The van der Waals surface area contributed by atoms with Gasteiger partial charge in [0.25, 0.3) is 5.69 Å². The summed E-state index contributed by atoms with van der Waals surface area (Å²) in [5, 5.41) is 11.2. The van der Waals surface area contributed by atoms with Crippen molar-refractivity contribution in [3.63, 3.8) is 0 Å². The van der Waals surface area contributed by atoms with Crippen LogP contribution in [0.25, 0.3) is 0 Å². The van der Waals surface area contributed by atoms with Gasteiger partial charge in [0.1, 0.15) is 11.4 Å². The van der Waals surface area contributed by atoms with Gasteiger partial charge in [-0.3, -0.25) is 14.9 Å². The number of anilines is 1. The van der Waals surface area contributed by atoms with Crippen LogP contribution in [0.3, 0.4) is 0 Å². The molecule has 1 aromatic carbocycles. The molecule has 0 spiro atoms. The minimum atomic E-state index is -0.445. The van der Waals surface area contributed by atoms with Crippen molar-refractivity contribution in [2.75, 3.05) is 18.6 Å². The molecule has 0 aliphatic carbocycles. The van der Waals surface area contributed by atoms with E-state index in [4.69, 9.17) is 4.74 Å². The first-order valence-corrected chi connectivity index (χ1v) is 6.24. The summed E-state index contributed by atoms with van der Waals surface area (Å²) in [5.74, 6) is 0.534. The van der Waals surface area contributed by atoms with Crippen LogP contribution in [0.2, 0.25) is 0 Å². The van der Waals surface area contributed by atoms with E-state index in [0.717, 1.165) is 5.56 Å². The zero-order valence-corrected chi connectivity index (χ0v) is 11.0. The highest BCUT2D eigenvalue weighted by atomic mass is 16.6. The summed E-state index contributed by atoms with van der Waals surface area (Å²) < 4.78 is 5.27. The van der Waals surface area contributed by atoms with E-state index in [1.165, 1.54) is 18.1 Å². The van der Waals surface area contributed by atoms with Crippen LogP contribution in [0.4, 0.5) is 11.4 Å². The monoisotopic (exact) mass is 264 g/mol. The first-order valence-electron chi connectivity index (χ1n) is 6.24. The molecular formula is C13H16N2O4. The SMILES string of the molecule is CCN1C(=O)CCCc2c(OC)ccc([N+](=O)[O-])c21. The molecule has 0 atom stereocenters. The van der Waals surface area contributed by atoms with Crippen molar-refractivity contribution in [3.8, 4) is 5.75 Å². The van der Waals surface area contributed by atoms with Crippen molar-refractivity contribution >= 4 is 17.3 Å². The molecule has 0 saturated heterocycles. The number of ether oxygens (including phenoxy) is 1. The van der Waals surface area contributed by atoms with Crippen LogP contribution in [-0.4, -0.2) is 24.5 Å². The van der Waals surface area contributed by atoms with Gasteiger partial charge in [-0.1, -0.05) is 0 Å². The van der Waals surface area contributed by atoms with E-state index in [-0.39, 0.29) is 11.6 Å². The topological polar surface area (TPSA) is 72.7 Å². The van der Waals surface area contributed by atoms with Gasteiger partial charge in [0.15, 0.2) is 0 Å². The van der Waals surface area contributed by atoms with Gasteiger partial charge >= 0.3 is 0 Å². The number of nitrogens with zero attached hydrogens (tertiary/aromatic N) is 2. The van der Waals surface area contributed by atoms with Crippen LogP contribution in [0.15, 0.2) is 12.1 Å². The second kappa shape index (κ2) is 5.26. The first-order chi connectivity index (χ1) is 9.10. The molecule has 0 saturated carbocycles. The number of methoxy groups -OCH3 is 1. The van der Waals surface area contributed by atoms with Crippen molar-refractivity contribution in [3.05, 3.63) is 27.8 Å². The van der Waals surface area contributed by atoms with Crippen LogP contribution in [0, 0.1) is 10.1 Å². The van der Waals surface area contributed by atoms with E-state index < -0.39 is 4.92 Å². The van der Waals surface area contributed by atoms with E-state index in [2.05, 4.69) is 0 Å². The predicted molar refractivity (Wildman–Crippen MR) is 70.6 cm³/mol. The number of rotatable bonds is 3. The average molecular weight is 264 g/mol. The Morgan fingerprint density at radius 1 is 1.42 bits per heavy atom. The molecule has 102 valence electrons. The van der Waals surface area contributed by atoms with E-state index in [0.29, 0.717) is 37.2 Å². The van der Waals surface area contributed by atoms with Crippen molar-refractivity contribution in [1.82, 2.24) is 0 Å². The Balaban J connectivity index is 2.71. The molecule has 1 aromatic rings. The van der Waals surface area contributed by atoms with Gasteiger partial charge in [-0.15, -0.1) is 0 Å². The molecular weight excluding hydrogens is 248 g/mol. The minimum absolute atomic E-state index is 0.0344. The van der Waals surface area contributed by atoms with Gasteiger partial charge in [0.2, 0.25) is 5.91 Å². The highest BCUT2D eigenvalue weighted by Crippen LogP contribution is 2.40. The number of hydrogen-bond acceptors (Lipinski definition) is 4. The fourth-order valence-electron chi connectivity index (χ4n) is 2.50. The van der Waals surface area contributed by atoms with E-state index >= 15 is 0 Å². The van der Waals surface area contributed by atoms with E-state index in [1.807, 2.05) is 6.92 Å². The van der Waals surface area contributed by atoms with Crippen LogP contribution >= 0.6 is 0 Å². The Bertz CT molecular complexity index is 528. The first kappa shape index (κ1) is 13.3. The minimum Gasteiger partial charge on any atom is -0.496 e. The number of fused-ring (bicyclic) bond motifs is 1. The smallest absolute Gasteiger partial charge is 0.293 e. The number of nitro groups is 1. The third kappa shape index (κ3) is 2.25. The lowest BCUT2D eigenvalue weighted by molar-refractivity contribution is -0.384. The standard InChI is InChI=1S/C13H16N2O4/c1-3-14-12(16)6-4-5-9-11(19-2)8-7-10(13(9)14)15(17)18/h7-8H,3-6H2,1-2H3. The maximum atomic E-state index is 12.0. The quantitative estimate of drug-likeness (QED) is 0.620. The van der Waals surface area contributed by atoms with Crippen molar-refractivity contribution in [2.24, 2.45) is 0 Å². The number of carbonyl (C=O) groups is 1. The Morgan fingerprint density at radius 2 is 2.16 bits per heavy atom. The number of benzene rings is 1. The van der Waals surface area contributed by atoms with Gasteiger partial charge in [-0.2, -0.15) is 0 Å². The molecule has 0 unspecified atom stereocenters.